The summed E-state index contributed by atoms with van der Waals surface area (Å²) in [6, 6.07) is 2.71. The van der Waals surface area contributed by atoms with Crippen molar-refractivity contribution in [2.24, 2.45) is 0 Å². The average Bonchev–Trinajstić information content (AvgIpc) is 2.34. The van der Waals surface area contributed by atoms with E-state index in [-0.39, 0.29) is 17.7 Å². The number of benzene rings is 1. The second-order valence-electron chi connectivity index (χ2n) is 5.41. The second-order valence-corrected chi connectivity index (χ2v) is 5.41. The number of unbranched alkanes of at least 4 members (excludes halogenated alkanes) is 2. The van der Waals surface area contributed by atoms with Gasteiger partial charge in [0.1, 0.15) is 11.6 Å². The van der Waals surface area contributed by atoms with Gasteiger partial charge in [0.25, 0.3) is 0 Å². The Morgan fingerprint density at radius 2 is 1.79 bits per heavy atom. The highest BCUT2D eigenvalue weighted by Gasteiger charge is 2.15. The van der Waals surface area contributed by atoms with Crippen LogP contribution in [0.3, 0.4) is 0 Å². The third kappa shape index (κ3) is 4.90. The average molecular weight is 269 g/mol. The first-order valence-electron chi connectivity index (χ1n) is 7.17. The van der Waals surface area contributed by atoms with Gasteiger partial charge in [-0.3, -0.25) is 0 Å². The minimum absolute atomic E-state index is 0.174. The lowest BCUT2D eigenvalue weighted by Gasteiger charge is -2.21. The van der Waals surface area contributed by atoms with Gasteiger partial charge in [0.15, 0.2) is 0 Å². The summed E-state index contributed by atoms with van der Waals surface area (Å²) in [5.74, 6) is -0.677. The minimum atomic E-state index is -0.344. The van der Waals surface area contributed by atoms with Crippen LogP contribution in [-0.4, -0.2) is 6.04 Å². The lowest BCUT2D eigenvalue weighted by molar-refractivity contribution is 0.428. The summed E-state index contributed by atoms with van der Waals surface area (Å²) in [5, 5.41) is 3.34. The molecule has 1 aromatic rings. The largest absolute Gasteiger partial charge is 0.308 e. The summed E-state index contributed by atoms with van der Waals surface area (Å²) in [5.41, 5.74) is 0.759. The van der Waals surface area contributed by atoms with Gasteiger partial charge in [-0.15, -0.1) is 0 Å². The maximum atomic E-state index is 13.8. The second kappa shape index (κ2) is 7.59. The Hall–Kier alpha value is -0.960. The molecule has 0 aliphatic heterocycles. The summed E-state index contributed by atoms with van der Waals surface area (Å²) in [7, 11) is 0. The molecule has 2 atom stereocenters. The van der Waals surface area contributed by atoms with Crippen molar-refractivity contribution in [1.29, 1.82) is 0 Å². The topological polar surface area (TPSA) is 12.0 Å². The van der Waals surface area contributed by atoms with Crippen LogP contribution in [0.4, 0.5) is 8.78 Å². The van der Waals surface area contributed by atoms with Gasteiger partial charge in [-0.2, -0.15) is 0 Å². The van der Waals surface area contributed by atoms with E-state index < -0.39 is 0 Å². The van der Waals surface area contributed by atoms with Crippen LogP contribution in [0.2, 0.25) is 0 Å². The number of rotatable bonds is 7. The van der Waals surface area contributed by atoms with Crippen molar-refractivity contribution in [3.8, 4) is 0 Å². The summed E-state index contributed by atoms with van der Waals surface area (Å²) in [4.78, 5) is 0. The first-order valence-corrected chi connectivity index (χ1v) is 7.17. The highest BCUT2D eigenvalue weighted by atomic mass is 19.1. The molecule has 2 unspecified atom stereocenters. The molecule has 0 fully saturated rings. The minimum Gasteiger partial charge on any atom is -0.308 e. The number of halogens is 2. The molecule has 1 rings (SSSR count). The van der Waals surface area contributed by atoms with Gasteiger partial charge in [0.2, 0.25) is 0 Å². The lowest BCUT2D eigenvalue weighted by Crippen LogP contribution is -2.29. The first-order chi connectivity index (χ1) is 8.95. The molecule has 0 bridgehead atoms. The van der Waals surface area contributed by atoms with Gasteiger partial charge < -0.3 is 5.32 Å². The van der Waals surface area contributed by atoms with Gasteiger partial charge in [-0.25, -0.2) is 8.78 Å². The molecule has 0 heterocycles. The summed E-state index contributed by atoms with van der Waals surface area (Å²) < 4.78 is 27.3. The highest BCUT2D eigenvalue weighted by Crippen LogP contribution is 2.21. The summed E-state index contributed by atoms with van der Waals surface area (Å²) >= 11 is 0. The Kier molecular flexibility index (Phi) is 6.43. The smallest absolute Gasteiger partial charge is 0.128 e. The van der Waals surface area contributed by atoms with Crippen molar-refractivity contribution >= 4 is 0 Å². The van der Waals surface area contributed by atoms with E-state index in [1.165, 1.54) is 31.4 Å². The standard InChI is InChI=1S/C16H25F2N/c1-5-6-7-8-12(3)19-13(4)14-10-15(17)11(2)9-16(14)18/h9-10,12-13,19H,5-8H2,1-4H3. The molecule has 19 heavy (non-hydrogen) atoms. The summed E-state index contributed by atoms with van der Waals surface area (Å²) in [6.45, 7) is 7.72. The number of hydrogen-bond donors (Lipinski definition) is 1. The molecular weight excluding hydrogens is 244 g/mol. The monoisotopic (exact) mass is 269 g/mol. The van der Waals surface area contributed by atoms with Crippen molar-refractivity contribution in [3.63, 3.8) is 0 Å². The third-order valence-electron chi connectivity index (χ3n) is 3.52. The fraction of sp³-hybridized carbons (Fsp3) is 0.625. The molecule has 0 saturated heterocycles. The van der Waals surface area contributed by atoms with E-state index in [2.05, 4.69) is 19.2 Å². The van der Waals surface area contributed by atoms with Crippen LogP contribution in [0.15, 0.2) is 12.1 Å². The van der Waals surface area contributed by atoms with Crippen LogP contribution in [0.25, 0.3) is 0 Å². The van der Waals surface area contributed by atoms with Crippen LogP contribution in [0.5, 0.6) is 0 Å². The molecule has 0 spiro atoms. The van der Waals surface area contributed by atoms with Gasteiger partial charge >= 0.3 is 0 Å². The van der Waals surface area contributed by atoms with Crippen LogP contribution in [0.1, 0.15) is 63.6 Å². The van der Waals surface area contributed by atoms with Crippen molar-refractivity contribution in [2.75, 3.05) is 0 Å². The molecule has 108 valence electrons. The Bertz CT molecular complexity index is 404. The molecule has 0 amide bonds. The SMILES string of the molecule is CCCCCC(C)NC(C)c1cc(F)c(C)cc1F. The Morgan fingerprint density at radius 3 is 2.42 bits per heavy atom. The van der Waals surface area contributed by atoms with Gasteiger partial charge in [0.05, 0.1) is 0 Å². The van der Waals surface area contributed by atoms with Crippen molar-refractivity contribution < 1.29 is 8.78 Å². The zero-order valence-electron chi connectivity index (χ0n) is 12.4. The van der Waals surface area contributed by atoms with Crippen LogP contribution >= 0.6 is 0 Å². The fourth-order valence-electron chi connectivity index (χ4n) is 2.29. The molecule has 1 N–H and O–H groups in total. The molecule has 1 aromatic carbocycles. The van der Waals surface area contributed by atoms with Crippen molar-refractivity contribution in [2.45, 2.75) is 65.5 Å². The quantitative estimate of drug-likeness (QED) is 0.695. The Morgan fingerprint density at radius 1 is 1.11 bits per heavy atom. The van der Waals surface area contributed by atoms with E-state index in [0.29, 0.717) is 17.2 Å². The molecule has 0 aliphatic rings. The van der Waals surface area contributed by atoms with Gasteiger partial charge in [-0.1, -0.05) is 26.2 Å². The first kappa shape index (κ1) is 16.1. The molecule has 0 aliphatic carbocycles. The van der Waals surface area contributed by atoms with E-state index >= 15 is 0 Å². The van der Waals surface area contributed by atoms with Gasteiger partial charge in [-0.05, 0) is 44.9 Å². The summed E-state index contributed by atoms with van der Waals surface area (Å²) in [6.07, 6.45) is 4.64. The molecule has 1 nitrogen and oxygen atoms in total. The predicted molar refractivity (Wildman–Crippen MR) is 76.2 cm³/mol. The number of hydrogen-bond acceptors (Lipinski definition) is 1. The maximum absolute atomic E-state index is 13.8. The van der Waals surface area contributed by atoms with E-state index in [4.69, 9.17) is 0 Å². The van der Waals surface area contributed by atoms with Gasteiger partial charge in [0, 0.05) is 17.6 Å². The van der Waals surface area contributed by atoms with Crippen LogP contribution in [-0.2, 0) is 0 Å². The normalized spacial score (nSPS) is 14.4. The molecular formula is C16H25F2N. The molecule has 3 heteroatoms. The highest BCUT2D eigenvalue weighted by molar-refractivity contribution is 5.27. The lowest BCUT2D eigenvalue weighted by atomic mass is 10.0. The van der Waals surface area contributed by atoms with E-state index in [1.807, 2.05) is 6.92 Å². The molecule has 0 saturated carbocycles. The Balaban J connectivity index is 2.62. The third-order valence-corrected chi connectivity index (χ3v) is 3.52. The van der Waals surface area contributed by atoms with E-state index in [9.17, 15) is 8.78 Å². The van der Waals surface area contributed by atoms with Crippen molar-refractivity contribution in [3.05, 3.63) is 34.9 Å². The molecule has 0 aromatic heterocycles. The maximum Gasteiger partial charge on any atom is 0.128 e. The zero-order chi connectivity index (χ0) is 14.4. The van der Waals surface area contributed by atoms with Crippen LogP contribution < -0.4 is 5.32 Å². The van der Waals surface area contributed by atoms with Crippen LogP contribution in [0, 0.1) is 18.6 Å². The Labute approximate surface area is 115 Å². The number of nitrogens with one attached hydrogen (secondary N) is 1. The van der Waals surface area contributed by atoms with Crippen molar-refractivity contribution in [1.82, 2.24) is 5.32 Å². The number of aryl methyl sites for hydroxylation is 1. The zero-order valence-corrected chi connectivity index (χ0v) is 12.4. The van der Waals surface area contributed by atoms with E-state index in [0.717, 1.165) is 6.42 Å². The predicted octanol–water partition coefficient (Wildman–Crippen LogP) is 4.89. The molecule has 0 radical (unpaired) electrons. The van der Waals surface area contributed by atoms with E-state index in [1.54, 1.807) is 6.92 Å². The fourth-order valence-corrected chi connectivity index (χ4v) is 2.29.